The van der Waals surface area contributed by atoms with Gasteiger partial charge in [-0.1, -0.05) is 13.3 Å². The summed E-state index contributed by atoms with van der Waals surface area (Å²) in [6.07, 6.45) is 1.82. The zero-order valence-corrected chi connectivity index (χ0v) is 10.7. The van der Waals surface area contributed by atoms with Crippen LogP contribution >= 0.6 is 0 Å². The van der Waals surface area contributed by atoms with Gasteiger partial charge in [-0.05, 0) is 19.4 Å². The van der Waals surface area contributed by atoms with Crippen molar-refractivity contribution in [1.82, 2.24) is 4.90 Å². The van der Waals surface area contributed by atoms with Crippen molar-refractivity contribution in [3.05, 3.63) is 29.3 Å². The predicted molar refractivity (Wildman–Crippen MR) is 67.3 cm³/mol. The highest BCUT2D eigenvalue weighted by molar-refractivity contribution is 5.99. The van der Waals surface area contributed by atoms with Crippen LogP contribution in [-0.2, 0) is 0 Å². The molecule has 0 unspecified atom stereocenters. The van der Waals surface area contributed by atoms with E-state index < -0.39 is 11.6 Å². The number of hydrogen-bond acceptors (Lipinski definition) is 2. The van der Waals surface area contributed by atoms with Gasteiger partial charge in [0.2, 0.25) is 0 Å². The summed E-state index contributed by atoms with van der Waals surface area (Å²) < 4.78 is 26.1. The summed E-state index contributed by atoms with van der Waals surface area (Å²) in [4.78, 5) is 13.7. The smallest absolute Gasteiger partial charge is 0.256 e. The van der Waals surface area contributed by atoms with Crippen LogP contribution in [0, 0.1) is 11.6 Å². The van der Waals surface area contributed by atoms with Crippen molar-refractivity contribution >= 4 is 11.6 Å². The Morgan fingerprint density at radius 2 is 1.89 bits per heavy atom. The van der Waals surface area contributed by atoms with Gasteiger partial charge in [-0.2, -0.15) is 0 Å². The number of hydrogen-bond donors (Lipinski definition) is 1. The van der Waals surface area contributed by atoms with Gasteiger partial charge in [-0.3, -0.25) is 4.79 Å². The molecule has 1 aromatic rings. The van der Waals surface area contributed by atoms with Gasteiger partial charge in [-0.25, -0.2) is 8.78 Å². The Hall–Kier alpha value is -1.65. The number of carbonyl (C=O) groups excluding carboxylic acids is 1. The summed E-state index contributed by atoms with van der Waals surface area (Å²) in [5.41, 5.74) is 5.54. The number of nitrogen functional groups attached to an aromatic ring is 1. The average Bonchev–Trinajstić information content (AvgIpc) is 2.34. The van der Waals surface area contributed by atoms with Crippen molar-refractivity contribution in [1.29, 1.82) is 0 Å². The molecule has 3 nitrogen and oxygen atoms in total. The molecule has 0 fully saturated rings. The maximum Gasteiger partial charge on any atom is 0.256 e. The molecule has 5 heteroatoms. The fourth-order valence-corrected chi connectivity index (χ4v) is 1.67. The Labute approximate surface area is 106 Å². The normalized spacial score (nSPS) is 10.4. The maximum absolute atomic E-state index is 13.1. The van der Waals surface area contributed by atoms with Crippen molar-refractivity contribution in [2.45, 2.75) is 26.7 Å². The van der Waals surface area contributed by atoms with Crippen LogP contribution < -0.4 is 5.73 Å². The van der Waals surface area contributed by atoms with Crippen molar-refractivity contribution in [3.8, 4) is 0 Å². The molecule has 0 heterocycles. The number of carbonyl (C=O) groups is 1. The monoisotopic (exact) mass is 256 g/mol. The summed E-state index contributed by atoms with van der Waals surface area (Å²) in [6.45, 7) is 4.95. The number of anilines is 1. The molecule has 0 bridgehead atoms. The molecule has 0 spiro atoms. The minimum absolute atomic E-state index is 0.0202. The van der Waals surface area contributed by atoms with Gasteiger partial charge in [0.05, 0.1) is 5.56 Å². The lowest BCUT2D eigenvalue weighted by Gasteiger charge is -2.21. The molecule has 0 aliphatic heterocycles. The highest BCUT2D eigenvalue weighted by Gasteiger charge is 2.18. The highest BCUT2D eigenvalue weighted by atomic mass is 19.2. The van der Waals surface area contributed by atoms with Crippen LogP contribution in [0.1, 0.15) is 37.0 Å². The van der Waals surface area contributed by atoms with E-state index >= 15 is 0 Å². The number of benzene rings is 1. The van der Waals surface area contributed by atoms with Crippen LogP contribution in [0.5, 0.6) is 0 Å². The SMILES string of the molecule is CCCCN(CC)C(=O)c1cc(F)c(F)cc1N. The Bertz CT molecular complexity index is 435. The summed E-state index contributed by atoms with van der Waals surface area (Å²) in [6, 6.07) is 1.71. The molecule has 0 radical (unpaired) electrons. The zero-order chi connectivity index (χ0) is 13.7. The van der Waals surface area contributed by atoms with Crippen molar-refractivity contribution < 1.29 is 13.6 Å². The average molecular weight is 256 g/mol. The lowest BCUT2D eigenvalue weighted by molar-refractivity contribution is 0.0763. The minimum atomic E-state index is -1.06. The van der Waals surface area contributed by atoms with E-state index in [1.54, 1.807) is 4.90 Å². The van der Waals surface area contributed by atoms with Crippen LogP contribution in [0.25, 0.3) is 0 Å². The molecule has 1 amide bonds. The summed E-state index contributed by atoms with van der Waals surface area (Å²) in [5.74, 6) is -2.46. The number of nitrogens with two attached hydrogens (primary N) is 1. The Morgan fingerprint density at radius 3 is 2.44 bits per heavy atom. The first-order valence-electron chi connectivity index (χ1n) is 6.05. The number of unbranched alkanes of at least 4 members (excludes halogenated alkanes) is 1. The largest absolute Gasteiger partial charge is 0.398 e. The summed E-state index contributed by atoms with van der Waals surface area (Å²) in [7, 11) is 0. The van der Waals surface area contributed by atoms with E-state index in [1.807, 2.05) is 13.8 Å². The van der Waals surface area contributed by atoms with Gasteiger partial charge < -0.3 is 10.6 Å². The van der Waals surface area contributed by atoms with Crippen molar-refractivity contribution in [2.75, 3.05) is 18.8 Å². The zero-order valence-electron chi connectivity index (χ0n) is 10.7. The minimum Gasteiger partial charge on any atom is -0.398 e. The molecule has 0 aromatic heterocycles. The number of amides is 1. The molecule has 0 saturated heterocycles. The van der Waals surface area contributed by atoms with Crippen LogP contribution in [0.2, 0.25) is 0 Å². The second-order valence-corrected chi connectivity index (χ2v) is 4.09. The molecule has 1 rings (SSSR count). The fourth-order valence-electron chi connectivity index (χ4n) is 1.67. The van der Waals surface area contributed by atoms with Crippen LogP contribution in [0.3, 0.4) is 0 Å². The fraction of sp³-hybridized carbons (Fsp3) is 0.462. The maximum atomic E-state index is 13.1. The van der Waals surface area contributed by atoms with Crippen LogP contribution in [-0.4, -0.2) is 23.9 Å². The number of halogens is 2. The van der Waals surface area contributed by atoms with E-state index in [0.29, 0.717) is 13.1 Å². The first-order valence-corrected chi connectivity index (χ1v) is 6.05. The van der Waals surface area contributed by atoms with Crippen LogP contribution in [0.4, 0.5) is 14.5 Å². The second-order valence-electron chi connectivity index (χ2n) is 4.09. The molecule has 2 N–H and O–H groups in total. The number of nitrogens with zero attached hydrogens (tertiary/aromatic N) is 1. The molecule has 1 aromatic carbocycles. The highest BCUT2D eigenvalue weighted by Crippen LogP contribution is 2.19. The van der Waals surface area contributed by atoms with Gasteiger partial charge in [-0.15, -0.1) is 0 Å². The standard InChI is InChI=1S/C13H18F2N2O/c1-3-5-6-17(4-2)13(18)9-7-10(14)11(15)8-12(9)16/h7-8H,3-6,16H2,1-2H3. The molecular formula is C13H18F2N2O. The lowest BCUT2D eigenvalue weighted by Crippen LogP contribution is -2.32. The first-order chi connectivity index (χ1) is 8.51. The Balaban J connectivity index is 2.98. The lowest BCUT2D eigenvalue weighted by atomic mass is 10.1. The second kappa shape index (κ2) is 6.33. The van der Waals surface area contributed by atoms with Gasteiger partial charge in [0.25, 0.3) is 5.91 Å². The third-order valence-corrected chi connectivity index (χ3v) is 2.77. The van der Waals surface area contributed by atoms with E-state index in [9.17, 15) is 13.6 Å². The Kier molecular flexibility index (Phi) is 5.07. The quantitative estimate of drug-likeness (QED) is 0.823. The number of rotatable bonds is 5. The topological polar surface area (TPSA) is 46.3 Å². The predicted octanol–water partition coefficient (Wildman–Crippen LogP) is 2.81. The van der Waals surface area contributed by atoms with Crippen molar-refractivity contribution in [2.24, 2.45) is 0 Å². The van der Waals surface area contributed by atoms with E-state index in [2.05, 4.69) is 0 Å². The summed E-state index contributed by atoms with van der Waals surface area (Å²) in [5, 5.41) is 0. The molecule has 18 heavy (non-hydrogen) atoms. The third kappa shape index (κ3) is 3.18. The molecule has 0 atom stereocenters. The van der Waals surface area contributed by atoms with Gasteiger partial charge in [0.15, 0.2) is 11.6 Å². The third-order valence-electron chi connectivity index (χ3n) is 2.77. The Morgan fingerprint density at radius 1 is 1.28 bits per heavy atom. The molecule has 100 valence electrons. The first kappa shape index (κ1) is 14.4. The molecular weight excluding hydrogens is 238 g/mol. The molecule has 0 aliphatic carbocycles. The van der Waals surface area contributed by atoms with Crippen molar-refractivity contribution in [3.63, 3.8) is 0 Å². The summed E-state index contributed by atoms with van der Waals surface area (Å²) >= 11 is 0. The van der Waals surface area contributed by atoms with E-state index in [-0.39, 0.29) is 17.2 Å². The molecule has 0 saturated carbocycles. The van der Waals surface area contributed by atoms with E-state index in [1.165, 1.54) is 0 Å². The van der Waals surface area contributed by atoms with Gasteiger partial charge in [0.1, 0.15) is 0 Å². The van der Waals surface area contributed by atoms with Crippen LogP contribution in [0.15, 0.2) is 12.1 Å². The molecule has 0 aliphatic rings. The van der Waals surface area contributed by atoms with E-state index in [0.717, 1.165) is 25.0 Å². The van der Waals surface area contributed by atoms with Gasteiger partial charge >= 0.3 is 0 Å². The van der Waals surface area contributed by atoms with Gasteiger partial charge in [0, 0.05) is 24.8 Å². The van der Waals surface area contributed by atoms with E-state index in [4.69, 9.17) is 5.73 Å².